The summed E-state index contributed by atoms with van der Waals surface area (Å²) in [6, 6.07) is 8.35. The Labute approximate surface area is 94.4 Å². The number of aliphatic hydroxyl groups is 1. The summed E-state index contributed by atoms with van der Waals surface area (Å²) in [5, 5.41) is 17.2. The van der Waals surface area contributed by atoms with E-state index in [1.54, 1.807) is 18.2 Å². The number of nitriles is 1. The summed E-state index contributed by atoms with van der Waals surface area (Å²) in [5.41, 5.74) is 0.972. The Morgan fingerprint density at radius 3 is 2.81 bits per heavy atom. The molecular weight excluding hydrogens is 228 g/mol. The van der Waals surface area contributed by atoms with Gasteiger partial charge in [-0.1, -0.05) is 12.1 Å². The van der Waals surface area contributed by atoms with Crippen molar-refractivity contribution in [2.24, 2.45) is 0 Å². The molecule has 2 N–H and O–H groups in total. The van der Waals surface area contributed by atoms with Gasteiger partial charge >= 0.3 is 0 Å². The van der Waals surface area contributed by atoms with Gasteiger partial charge in [0.05, 0.1) is 24.0 Å². The molecule has 0 saturated carbocycles. The van der Waals surface area contributed by atoms with Crippen molar-refractivity contribution >= 4 is 10.0 Å². The molecule has 16 heavy (non-hydrogen) atoms. The van der Waals surface area contributed by atoms with Gasteiger partial charge in [0.2, 0.25) is 10.0 Å². The molecule has 1 aromatic rings. The fraction of sp³-hybridized carbons (Fsp3) is 0.300. The van der Waals surface area contributed by atoms with Crippen LogP contribution in [0, 0.1) is 11.3 Å². The second-order valence-corrected chi connectivity index (χ2v) is 5.00. The maximum Gasteiger partial charge on any atom is 0.215 e. The molecule has 6 heteroatoms. The molecule has 0 aliphatic carbocycles. The molecule has 1 rings (SSSR count). The molecule has 0 fully saturated rings. The zero-order chi connectivity index (χ0) is 12.0. The summed E-state index contributed by atoms with van der Waals surface area (Å²) in [6.07, 6.45) is 0. The van der Waals surface area contributed by atoms with E-state index in [-0.39, 0.29) is 18.9 Å². The minimum Gasteiger partial charge on any atom is -0.395 e. The van der Waals surface area contributed by atoms with Crippen LogP contribution in [-0.4, -0.2) is 26.7 Å². The van der Waals surface area contributed by atoms with Crippen molar-refractivity contribution < 1.29 is 13.5 Å². The van der Waals surface area contributed by atoms with Crippen LogP contribution in [0.15, 0.2) is 24.3 Å². The molecule has 1 aromatic carbocycles. The number of nitrogens with one attached hydrogen (secondary N) is 1. The molecule has 0 aromatic heterocycles. The van der Waals surface area contributed by atoms with E-state index in [0.29, 0.717) is 11.1 Å². The van der Waals surface area contributed by atoms with Crippen molar-refractivity contribution in [1.82, 2.24) is 4.72 Å². The third-order valence-electron chi connectivity index (χ3n) is 1.85. The molecule has 0 atom stereocenters. The Hall–Kier alpha value is -1.42. The van der Waals surface area contributed by atoms with Gasteiger partial charge in [0.25, 0.3) is 0 Å². The third-order valence-corrected chi connectivity index (χ3v) is 3.20. The second kappa shape index (κ2) is 5.61. The standard InChI is InChI=1S/C10H12N2O3S/c11-7-9-2-1-3-10(6-9)8-16(14,15)12-4-5-13/h1-3,6,12-13H,4-5,8H2. The molecule has 0 radical (unpaired) electrons. The van der Waals surface area contributed by atoms with E-state index < -0.39 is 10.0 Å². The smallest absolute Gasteiger partial charge is 0.215 e. The Morgan fingerprint density at radius 1 is 1.44 bits per heavy atom. The first kappa shape index (κ1) is 12.6. The number of hydrogen-bond donors (Lipinski definition) is 2. The minimum absolute atomic E-state index is 0.000272. The highest BCUT2D eigenvalue weighted by molar-refractivity contribution is 7.88. The number of sulfonamides is 1. The van der Waals surface area contributed by atoms with E-state index in [0.717, 1.165) is 0 Å². The first-order valence-electron chi connectivity index (χ1n) is 4.64. The summed E-state index contributed by atoms with van der Waals surface area (Å²) < 4.78 is 25.1. The normalized spacial score (nSPS) is 11.0. The van der Waals surface area contributed by atoms with Gasteiger partial charge in [-0.3, -0.25) is 0 Å². The van der Waals surface area contributed by atoms with Crippen LogP contribution in [0.1, 0.15) is 11.1 Å². The van der Waals surface area contributed by atoms with Crippen LogP contribution in [-0.2, 0) is 15.8 Å². The minimum atomic E-state index is -3.44. The Balaban J connectivity index is 2.77. The van der Waals surface area contributed by atoms with Crippen LogP contribution in [0.25, 0.3) is 0 Å². The number of nitrogens with zero attached hydrogens (tertiary/aromatic N) is 1. The highest BCUT2D eigenvalue weighted by Crippen LogP contribution is 2.07. The molecule has 0 aliphatic heterocycles. The third kappa shape index (κ3) is 3.98. The van der Waals surface area contributed by atoms with Gasteiger partial charge in [0.1, 0.15) is 0 Å². The van der Waals surface area contributed by atoms with E-state index in [1.807, 2.05) is 6.07 Å². The van der Waals surface area contributed by atoms with Gasteiger partial charge < -0.3 is 5.11 Å². The predicted octanol–water partition coefficient (Wildman–Crippen LogP) is -0.0300. The topological polar surface area (TPSA) is 90.2 Å². The first-order chi connectivity index (χ1) is 7.57. The monoisotopic (exact) mass is 240 g/mol. The van der Waals surface area contributed by atoms with Crippen LogP contribution in [0.2, 0.25) is 0 Å². The summed E-state index contributed by atoms with van der Waals surface area (Å²) in [4.78, 5) is 0. The van der Waals surface area contributed by atoms with Crippen molar-refractivity contribution in [1.29, 1.82) is 5.26 Å². The van der Waals surface area contributed by atoms with Crippen LogP contribution < -0.4 is 4.72 Å². The zero-order valence-electron chi connectivity index (χ0n) is 8.55. The molecule has 0 spiro atoms. The van der Waals surface area contributed by atoms with Crippen LogP contribution in [0.3, 0.4) is 0 Å². The lowest BCUT2D eigenvalue weighted by Gasteiger charge is -2.05. The lowest BCUT2D eigenvalue weighted by molar-refractivity contribution is 0.301. The van der Waals surface area contributed by atoms with Gasteiger partial charge in [-0.25, -0.2) is 13.1 Å². The average Bonchev–Trinajstić information content (AvgIpc) is 2.26. The van der Waals surface area contributed by atoms with Crippen molar-refractivity contribution in [3.05, 3.63) is 35.4 Å². The number of hydrogen-bond acceptors (Lipinski definition) is 4. The summed E-state index contributed by atoms with van der Waals surface area (Å²) in [6.45, 7) is -0.238. The van der Waals surface area contributed by atoms with Gasteiger partial charge in [-0.05, 0) is 17.7 Å². The SMILES string of the molecule is N#Cc1cccc(CS(=O)(=O)NCCO)c1. The molecule has 5 nitrogen and oxygen atoms in total. The summed E-state index contributed by atoms with van der Waals surface area (Å²) in [7, 11) is -3.44. The number of aliphatic hydroxyl groups excluding tert-OH is 1. The summed E-state index contributed by atoms with van der Waals surface area (Å²) in [5.74, 6) is -0.192. The largest absolute Gasteiger partial charge is 0.395 e. The molecule has 0 aliphatic rings. The van der Waals surface area contributed by atoms with Crippen molar-refractivity contribution in [2.75, 3.05) is 13.2 Å². The summed E-state index contributed by atoms with van der Waals surface area (Å²) >= 11 is 0. The van der Waals surface area contributed by atoms with Crippen LogP contribution in [0.4, 0.5) is 0 Å². The molecule has 0 unspecified atom stereocenters. The fourth-order valence-electron chi connectivity index (χ4n) is 1.20. The lowest BCUT2D eigenvalue weighted by Crippen LogP contribution is -2.27. The van der Waals surface area contributed by atoms with E-state index in [2.05, 4.69) is 4.72 Å². The molecule has 0 amide bonds. The van der Waals surface area contributed by atoms with Gasteiger partial charge in [-0.2, -0.15) is 5.26 Å². The average molecular weight is 240 g/mol. The van der Waals surface area contributed by atoms with Crippen LogP contribution >= 0.6 is 0 Å². The Morgan fingerprint density at radius 2 is 2.19 bits per heavy atom. The fourth-order valence-corrected chi connectivity index (χ4v) is 2.32. The zero-order valence-corrected chi connectivity index (χ0v) is 9.37. The molecular formula is C10H12N2O3S. The molecule has 86 valence electrons. The van der Waals surface area contributed by atoms with Crippen molar-refractivity contribution in [3.8, 4) is 6.07 Å². The molecule has 0 bridgehead atoms. The first-order valence-corrected chi connectivity index (χ1v) is 6.30. The second-order valence-electron chi connectivity index (χ2n) is 3.19. The van der Waals surface area contributed by atoms with Crippen LogP contribution in [0.5, 0.6) is 0 Å². The lowest BCUT2D eigenvalue weighted by atomic mass is 10.2. The highest BCUT2D eigenvalue weighted by Gasteiger charge is 2.10. The predicted molar refractivity (Wildman–Crippen MR) is 58.9 cm³/mol. The number of rotatable bonds is 5. The van der Waals surface area contributed by atoms with E-state index in [4.69, 9.17) is 10.4 Å². The van der Waals surface area contributed by atoms with Crippen molar-refractivity contribution in [2.45, 2.75) is 5.75 Å². The van der Waals surface area contributed by atoms with E-state index in [1.165, 1.54) is 6.07 Å². The maximum absolute atomic E-state index is 11.5. The Bertz CT molecular complexity index is 491. The van der Waals surface area contributed by atoms with Gasteiger partial charge in [-0.15, -0.1) is 0 Å². The molecule has 0 heterocycles. The van der Waals surface area contributed by atoms with Crippen molar-refractivity contribution in [3.63, 3.8) is 0 Å². The Kier molecular flexibility index (Phi) is 4.43. The number of benzene rings is 1. The quantitative estimate of drug-likeness (QED) is 0.756. The highest BCUT2D eigenvalue weighted by atomic mass is 32.2. The molecule has 0 saturated heterocycles. The maximum atomic E-state index is 11.5. The van der Waals surface area contributed by atoms with E-state index in [9.17, 15) is 8.42 Å². The van der Waals surface area contributed by atoms with Gasteiger partial charge in [0.15, 0.2) is 0 Å². The van der Waals surface area contributed by atoms with Gasteiger partial charge in [0, 0.05) is 6.54 Å². The van der Waals surface area contributed by atoms with E-state index >= 15 is 0 Å².